The van der Waals surface area contributed by atoms with E-state index in [-0.39, 0.29) is 0 Å². The first-order valence-electron chi connectivity index (χ1n) is 5.29. The Bertz CT molecular complexity index is 571. The van der Waals surface area contributed by atoms with Gasteiger partial charge < -0.3 is 14.9 Å². The fourth-order valence-corrected chi connectivity index (χ4v) is 2.12. The van der Waals surface area contributed by atoms with Gasteiger partial charge in [-0.05, 0) is 0 Å². The van der Waals surface area contributed by atoms with Crippen LogP contribution in [0.4, 0.5) is 14.7 Å². The summed E-state index contributed by atoms with van der Waals surface area (Å²) in [5, 5.41) is 24.0. The number of nitrogens with zero attached hydrogens (tertiary/aromatic N) is 2. The highest BCUT2D eigenvalue weighted by Gasteiger charge is 2.66. The summed E-state index contributed by atoms with van der Waals surface area (Å²) < 4.78 is 33.5. The number of hydrogen-bond donors (Lipinski definition) is 4. The topological polar surface area (TPSA) is 117 Å². The SMILES string of the molecule is O=c1ccn([C@@H]2O[C@](F)(CO)[C@@H](O)[C@]2(F)Cl)c(NO)n1. The first-order valence-corrected chi connectivity index (χ1v) is 5.67. The minimum atomic E-state index is -3.17. The van der Waals surface area contributed by atoms with Gasteiger partial charge >= 0.3 is 0 Å². The third-order valence-corrected chi connectivity index (χ3v) is 3.21. The monoisotopic (exact) mass is 313 g/mol. The average Bonchev–Trinajstić information content (AvgIpc) is 2.60. The highest BCUT2D eigenvalue weighted by Crippen LogP contribution is 2.50. The van der Waals surface area contributed by atoms with Crippen molar-refractivity contribution in [2.24, 2.45) is 0 Å². The van der Waals surface area contributed by atoms with Crippen molar-refractivity contribution < 1.29 is 28.9 Å². The van der Waals surface area contributed by atoms with E-state index < -0.39 is 41.4 Å². The standard InChI is InChI=1S/C9H10ClF2N3O5/c10-9(12)5(18)8(11,3-16)20-6(9)15-2-1-4(17)13-7(15)14-19/h1-2,5-6,16,18-19H,3H2,(H,13,14,17)/t5-,6-,8-,9-/m1/s1. The average molecular weight is 314 g/mol. The Morgan fingerprint density at radius 3 is 2.75 bits per heavy atom. The summed E-state index contributed by atoms with van der Waals surface area (Å²) in [4.78, 5) is 14.3. The molecule has 0 amide bonds. The number of anilines is 1. The summed E-state index contributed by atoms with van der Waals surface area (Å²) in [7, 11) is 0. The normalized spacial score (nSPS) is 37.1. The van der Waals surface area contributed by atoms with Crippen molar-refractivity contribution in [3.63, 3.8) is 0 Å². The zero-order valence-electron chi connectivity index (χ0n) is 9.70. The van der Waals surface area contributed by atoms with E-state index in [1.165, 1.54) is 5.48 Å². The molecular weight excluding hydrogens is 304 g/mol. The maximum Gasteiger partial charge on any atom is 0.274 e. The number of aliphatic hydroxyl groups excluding tert-OH is 2. The van der Waals surface area contributed by atoms with Gasteiger partial charge in [-0.25, -0.2) is 14.3 Å². The quantitative estimate of drug-likeness (QED) is 0.439. The van der Waals surface area contributed by atoms with E-state index in [0.29, 0.717) is 4.57 Å². The van der Waals surface area contributed by atoms with Gasteiger partial charge in [0.2, 0.25) is 5.95 Å². The maximum atomic E-state index is 14.3. The first-order chi connectivity index (χ1) is 9.26. The molecule has 11 heteroatoms. The van der Waals surface area contributed by atoms with E-state index in [0.717, 1.165) is 12.3 Å². The molecule has 0 bridgehead atoms. The summed E-state index contributed by atoms with van der Waals surface area (Å²) in [5.74, 6) is -3.73. The Kier molecular flexibility index (Phi) is 3.69. The smallest absolute Gasteiger partial charge is 0.274 e. The molecule has 1 saturated heterocycles. The van der Waals surface area contributed by atoms with Crippen LogP contribution in [0.25, 0.3) is 0 Å². The van der Waals surface area contributed by atoms with Gasteiger partial charge in [0.1, 0.15) is 6.61 Å². The number of alkyl halides is 3. The minimum Gasteiger partial charge on any atom is -0.390 e. The van der Waals surface area contributed by atoms with Crippen LogP contribution in [0.1, 0.15) is 6.23 Å². The molecule has 4 atom stereocenters. The predicted octanol–water partition coefficient (Wildman–Crippen LogP) is -0.503. The first kappa shape index (κ1) is 15.1. The van der Waals surface area contributed by atoms with Gasteiger partial charge in [0.15, 0.2) is 12.3 Å². The lowest BCUT2D eigenvalue weighted by atomic mass is 10.1. The number of halogens is 3. The van der Waals surface area contributed by atoms with Crippen LogP contribution in [0, 0.1) is 0 Å². The summed E-state index contributed by atoms with van der Waals surface area (Å²) in [6, 6.07) is 0.876. The molecule has 0 aromatic carbocycles. The van der Waals surface area contributed by atoms with Crippen LogP contribution < -0.4 is 11.0 Å². The molecule has 0 spiro atoms. The summed E-state index contributed by atoms with van der Waals surface area (Å²) >= 11 is 5.42. The second-order valence-electron chi connectivity index (χ2n) is 4.10. The Balaban J connectivity index is 2.51. The number of hydrogen-bond acceptors (Lipinski definition) is 7. The number of aromatic nitrogens is 2. The van der Waals surface area contributed by atoms with Crippen LogP contribution in [0.2, 0.25) is 0 Å². The van der Waals surface area contributed by atoms with Crippen LogP contribution in [0.15, 0.2) is 17.1 Å². The molecule has 8 nitrogen and oxygen atoms in total. The van der Waals surface area contributed by atoms with Crippen molar-refractivity contribution in [2.45, 2.75) is 23.3 Å². The molecule has 0 radical (unpaired) electrons. The lowest BCUT2D eigenvalue weighted by molar-refractivity contribution is -0.206. The molecule has 1 aromatic heterocycles. The van der Waals surface area contributed by atoms with E-state index in [9.17, 15) is 18.7 Å². The van der Waals surface area contributed by atoms with Gasteiger partial charge in [-0.2, -0.15) is 4.98 Å². The Morgan fingerprint density at radius 2 is 2.25 bits per heavy atom. The highest BCUT2D eigenvalue weighted by molar-refractivity contribution is 6.23. The number of ether oxygens (including phenoxy) is 1. The van der Waals surface area contributed by atoms with Crippen LogP contribution in [-0.4, -0.2) is 48.7 Å². The zero-order chi connectivity index (χ0) is 15.1. The van der Waals surface area contributed by atoms with Crippen molar-refractivity contribution in [3.05, 3.63) is 22.6 Å². The fraction of sp³-hybridized carbons (Fsp3) is 0.556. The van der Waals surface area contributed by atoms with Gasteiger partial charge in [0, 0.05) is 12.3 Å². The Morgan fingerprint density at radius 1 is 1.60 bits per heavy atom. The van der Waals surface area contributed by atoms with E-state index >= 15 is 0 Å². The lowest BCUT2D eigenvalue weighted by Gasteiger charge is -2.24. The van der Waals surface area contributed by atoms with Crippen LogP contribution in [-0.2, 0) is 4.74 Å². The van der Waals surface area contributed by atoms with Crippen LogP contribution in [0.5, 0.6) is 0 Å². The maximum absolute atomic E-state index is 14.3. The fourth-order valence-electron chi connectivity index (χ4n) is 1.80. The molecule has 2 heterocycles. The van der Waals surface area contributed by atoms with E-state index in [4.69, 9.17) is 21.9 Å². The number of rotatable bonds is 3. The van der Waals surface area contributed by atoms with Gasteiger partial charge in [-0.15, -0.1) is 0 Å². The van der Waals surface area contributed by atoms with Crippen LogP contribution >= 0.6 is 11.6 Å². The molecule has 112 valence electrons. The van der Waals surface area contributed by atoms with Crippen molar-refractivity contribution in [1.29, 1.82) is 0 Å². The molecule has 0 unspecified atom stereocenters. The zero-order valence-corrected chi connectivity index (χ0v) is 10.5. The van der Waals surface area contributed by atoms with Crippen molar-refractivity contribution in [1.82, 2.24) is 9.55 Å². The molecule has 1 fully saturated rings. The van der Waals surface area contributed by atoms with E-state index in [2.05, 4.69) is 9.72 Å². The highest BCUT2D eigenvalue weighted by atomic mass is 35.5. The van der Waals surface area contributed by atoms with Gasteiger partial charge in [0.05, 0.1) is 0 Å². The summed E-state index contributed by atoms with van der Waals surface area (Å²) in [5.41, 5.74) is 0.717. The van der Waals surface area contributed by atoms with Crippen molar-refractivity contribution >= 4 is 17.5 Å². The third kappa shape index (κ3) is 2.15. The van der Waals surface area contributed by atoms with Gasteiger partial charge in [-0.3, -0.25) is 14.6 Å². The molecule has 20 heavy (non-hydrogen) atoms. The lowest BCUT2D eigenvalue weighted by Crippen LogP contribution is -2.45. The molecule has 1 aliphatic rings. The molecule has 1 aromatic rings. The second-order valence-corrected chi connectivity index (χ2v) is 4.68. The number of nitrogens with one attached hydrogen (secondary N) is 1. The molecule has 1 aliphatic heterocycles. The molecule has 4 N–H and O–H groups in total. The second kappa shape index (κ2) is 4.90. The molecule has 0 saturated carbocycles. The van der Waals surface area contributed by atoms with Gasteiger partial charge in [0.25, 0.3) is 16.5 Å². The van der Waals surface area contributed by atoms with Crippen molar-refractivity contribution in [3.8, 4) is 0 Å². The van der Waals surface area contributed by atoms with Crippen molar-refractivity contribution in [2.75, 3.05) is 12.1 Å². The van der Waals surface area contributed by atoms with E-state index in [1.54, 1.807) is 0 Å². The van der Waals surface area contributed by atoms with Gasteiger partial charge in [-0.1, -0.05) is 11.6 Å². The minimum absolute atomic E-state index is 0.584. The van der Waals surface area contributed by atoms with Crippen LogP contribution in [0.3, 0.4) is 0 Å². The molecular formula is C9H10ClF2N3O5. The summed E-state index contributed by atoms with van der Waals surface area (Å²) in [6.07, 6.45) is -3.57. The predicted molar refractivity (Wildman–Crippen MR) is 60.7 cm³/mol. The molecule has 0 aliphatic carbocycles. The van der Waals surface area contributed by atoms with E-state index in [1.807, 2.05) is 0 Å². The largest absolute Gasteiger partial charge is 0.390 e. The Hall–Kier alpha value is -1.33. The Labute approximate surface area is 115 Å². The molecule has 2 rings (SSSR count). The third-order valence-electron chi connectivity index (χ3n) is 2.82. The number of aliphatic hydroxyl groups is 2. The summed E-state index contributed by atoms with van der Waals surface area (Å²) in [6.45, 7) is -1.35.